The third-order valence-electron chi connectivity index (χ3n) is 4.42. The number of rotatable bonds is 13. The van der Waals surface area contributed by atoms with Crippen LogP contribution in [0.2, 0.25) is 0 Å². The Morgan fingerprint density at radius 1 is 1.29 bits per heavy atom. The van der Waals surface area contributed by atoms with Gasteiger partial charge >= 0.3 is 0 Å². The van der Waals surface area contributed by atoms with Crippen LogP contribution in [0.15, 0.2) is 0 Å². The molecule has 0 aromatic heterocycles. The zero-order chi connectivity index (χ0) is 16.3. The summed E-state index contributed by atoms with van der Waals surface area (Å²) in [7, 11) is 0. The van der Waals surface area contributed by atoms with Gasteiger partial charge in [0, 0.05) is 6.54 Å². The van der Waals surface area contributed by atoms with Crippen LogP contribution in [0.1, 0.15) is 66.7 Å². The number of hydrogen-bond acceptors (Lipinski definition) is 3. The summed E-state index contributed by atoms with van der Waals surface area (Å²) in [5.74, 6) is 0.523. The Hall–Kier alpha value is -0.610. The van der Waals surface area contributed by atoms with Crippen molar-refractivity contribution in [1.29, 1.82) is 0 Å². The molecule has 2 unspecified atom stereocenters. The Kier molecular flexibility index (Phi) is 10.7. The van der Waals surface area contributed by atoms with E-state index in [-0.39, 0.29) is 5.91 Å². The smallest absolute Gasteiger partial charge is 0.237 e. The third kappa shape index (κ3) is 8.42. The Balaban J connectivity index is 4.11. The topological polar surface area (TPSA) is 58.4 Å². The molecule has 0 saturated carbocycles. The summed E-state index contributed by atoms with van der Waals surface area (Å²) in [6, 6.07) is 0. The lowest BCUT2D eigenvalue weighted by Crippen LogP contribution is -2.53. The predicted octanol–water partition coefficient (Wildman–Crippen LogP) is 2.77. The molecule has 0 spiro atoms. The number of carbonyl (C=O) groups excluding carboxylic acids is 1. The average molecular weight is 300 g/mol. The number of nitrogens with one attached hydrogen (secondary N) is 1. The molecule has 0 heterocycles. The first kappa shape index (κ1) is 20.4. The molecule has 0 saturated heterocycles. The lowest BCUT2D eigenvalue weighted by Gasteiger charge is -2.28. The highest BCUT2D eigenvalue weighted by molar-refractivity contribution is 5.84. The summed E-state index contributed by atoms with van der Waals surface area (Å²) in [6.45, 7) is 15.0. The number of hydrogen-bond donors (Lipinski definition) is 2. The fraction of sp³-hybridized carbons (Fsp3) is 0.941. The van der Waals surface area contributed by atoms with Crippen LogP contribution in [0.3, 0.4) is 0 Å². The van der Waals surface area contributed by atoms with Gasteiger partial charge in [-0.3, -0.25) is 4.79 Å². The monoisotopic (exact) mass is 299 g/mol. The van der Waals surface area contributed by atoms with Crippen molar-refractivity contribution in [3.63, 3.8) is 0 Å². The van der Waals surface area contributed by atoms with Gasteiger partial charge < -0.3 is 16.0 Å². The molecule has 0 aromatic rings. The molecule has 3 N–H and O–H groups in total. The lowest BCUT2D eigenvalue weighted by molar-refractivity contribution is -0.124. The van der Waals surface area contributed by atoms with Crippen LogP contribution in [-0.2, 0) is 4.79 Å². The number of carbonyl (C=O) groups is 1. The van der Waals surface area contributed by atoms with Crippen molar-refractivity contribution in [3.05, 3.63) is 0 Å². The van der Waals surface area contributed by atoms with E-state index in [2.05, 4.69) is 37.9 Å². The van der Waals surface area contributed by atoms with Gasteiger partial charge in [0.2, 0.25) is 5.91 Å². The van der Waals surface area contributed by atoms with Crippen molar-refractivity contribution in [2.75, 3.05) is 26.2 Å². The molecule has 126 valence electrons. The predicted molar refractivity (Wildman–Crippen MR) is 91.3 cm³/mol. The highest BCUT2D eigenvalue weighted by atomic mass is 16.1. The number of primary amides is 1. The molecule has 0 aliphatic heterocycles. The fourth-order valence-electron chi connectivity index (χ4n) is 2.46. The summed E-state index contributed by atoms with van der Waals surface area (Å²) in [5.41, 5.74) is 5.00. The van der Waals surface area contributed by atoms with Crippen LogP contribution >= 0.6 is 0 Å². The molecular formula is C17H37N3O. The van der Waals surface area contributed by atoms with E-state index in [4.69, 9.17) is 5.73 Å². The first-order chi connectivity index (χ1) is 9.89. The van der Waals surface area contributed by atoms with Gasteiger partial charge in [-0.25, -0.2) is 0 Å². The van der Waals surface area contributed by atoms with Crippen molar-refractivity contribution in [2.24, 2.45) is 11.7 Å². The summed E-state index contributed by atoms with van der Waals surface area (Å²) < 4.78 is 0. The van der Waals surface area contributed by atoms with Crippen molar-refractivity contribution in [1.82, 2.24) is 10.2 Å². The van der Waals surface area contributed by atoms with Gasteiger partial charge in [-0.1, -0.05) is 34.1 Å². The van der Waals surface area contributed by atoms with Gasteiger partial charge in [0.15, 0.2) is 0 Å². The van der Waals surface area contributed by atoms with E-state index in [1.807, 2.05) is 6.92 Å². The molecule has 4 heteroatoms. The molecule has 0 bridgehead atoms. The van der Waals surface area contributed by atoms with Crippen LogP contribution in [-0.4, -0.2) is 42.5 Å². The van der Waals surface area contributed by atoms with E-state index in [1.54, 1.807) is 0 Å². The van der Waals surface area contributed by atoms with E-state index >= 15 is 0 Å². The highest BCUT2D eigenvalue weighted by Gasteiger charge is 2.29. The van der Waals surface area contributed by atoms with E-state index in [9.17, 15) is 4.79 Å². The van der Waals surface area contributed by atoms with Crippen LogP contribution in [0, 0.1) is 5.92 Å². The maximum absolute atomic E-state index is 11.6. The summed E-state index contributed by atoms with van der Waals surface area (Å²) in [4.78, 5) is 14.2. The Morgan fingerprint density at radius 2 is 1.95 bits per heavy atom. The Morgan fingerprint density at radius 3 is 2.43 bits per heavy atom. The van der Waals surface area contributed by atoms with Gasteiger partial charge in [0.1, 0.15) is 0 Å². The van der Waals surface area contributed by atoms with Crippen LogP contribution in [0.25, 0.3) is 0 Å². The second-order valence-electron chi connectivity index (χ2n) is 6.49. The first-order valence-electron chi connectivity index (χ1n) is 8.66. The quantitative estimate of drug-likeness (QED) is 0.514. The second-order valence-corrected chi connectivity index (χ2v) is 6.49. The van der Waals surface area contributed by atoms with E-state index in [0.717, 1.165) is 51.2 Å². The molecule has 0 aliphatic carbocycles. The van der Waals surface area contributed by atoms with Crippen LogP contribution < -0.4 is 11.1 Å². The largest absolute Gasteiger partial charge is 0.368 e. The van der Waals surface area contributed by atoms with Crippen molar-refractivity contribution < 1.29 is 4.79 Å². The zero-order valence-electron chi connectivity index (χ0n) is 14.9. The molecule has 0 rings (SSSR count). The SMILES string of the molecule is CCCNC(C)(CCCCN(CC)CC(C)CC)C(N)=O. The summed E-state index contributed by atoms with van der Waals surface area (Å²) in [6.07, 6.45) is 5.23. The lowest BCUT2D eigenvalue weighted by atomic mass is 9.93. The van der Waals surface area contributed by atoms with Crippen molar-refractivity contribution in [2.45, 2.75) is 72.3 Å². The molecule has 4 nitrogen and oxygen atoms in total. The molecule has 0 aromatic carbocycles. The summed E-state index contributed by atoms with van der Waals surface area (Å²) in [5, 5.41) is 3.30. The maximum atomic E-state index is 11.6. The molecule has 0 radical (unpaired) electrons. The van der Waals surface area contributed by atoms with Gasteiger partial charge in [-0.15, -0.1) is 0 Å². The van der Waals surface area contributed by atoms with Gasteiger partial charge in [0.05, 0.1) is 5.54 Å². The molecule has 21 heavy (non-hydrogen) atoms. The molecule has 0 aliphatic rings. The van der Waals surface area contributed by atoms with Crippen LogP contribution in [0.5, 0.6) is 0 Å². The highest BCUT2D eigenvalue weighted by Crippen LogP contribution is 2.14. The van der Waals surface area contributed by atoms with Crippen molar-refractivity contribution in [3.8, 4) is 0 Å². The number of nitrogens with two attached hydrogens (primary N) is 1. The minimum atomic E-state index is -0.552. The maximum Gasteiger partial charge on any atom is 0.237 e. The molecule has 2 atom stereocenters. The van der Waals surface area contributed by atoms with E-state index < -0.39 is 5.54 Å². The molecule has 1 amide bonds. The third-order valence-corrected chi connectivity index (χ3v) is 4.42. The minimum Gasteiger partial charge on any atom is -0.368 e. The second kappa shape index (κ2) is 11.0. The average Bonchev–Trinajstić information content (AvgIpc) is 2.47. The Bertz CT molecular complexity index is 283. The number of unbranched alkanes of at least 4 members (excludes halogenated alkanes) is 1. The minimum absolute atomic E-state index is 0.233. The fourth-order valence-corrected chi connectivity index (χ4v) is 2.46. The van der Waals surface area contributed by atoms with Gasteiger partial charge in [-0.05, 0) is 58.2 Å². The number of amides is 1. The first-order valence-corrected chi connectivity index (χ1v) is 8.66. The standard InChI is InChI=1S/C17H37N3O/c1-6-12-19-17(5,16(18)21)11-9-10-13-20(8-3)14-15(4)7-2/h15,19H,6-14H2,1-5H3,(H2,18,21). The van der Waals surface area contributed by atoms with E-state index in [0.29, 0.717) is 0 Å². The zero-order valence-corrected chi connectivity index (χ0v) is 14.9. The normalized spacial score (nSPS) is 15.9. The molecule has 0 fully saturated rings. The van der Waals surface area contributed by atoms with Crippen LogP contribution in [0.4, 0.5) is 0 Å². The molecular weight excluding hydrogens is 262 g/mol. The van der Waals surface area contributed by atoms with E-state index in [1.165, 1.54) is 13.0 Å². The Labute approximate surface area is 131 Å². The number of nitrogens with zero attached hydrogens (tertiary/aromatic N) is 1. The summed E-state index contributed by atoms with van der Waals surface area (Å²) >= 11 is 0. The van der Waals surface area contributed by atoms with Gasteiger partial charge in [0.25, 0.3) is 0 Å². The van der Waals surface area contributed by atoms with Crippen molar-refractivity contribution >= 4 is 5.91 Å². The van der Waals surface area contributed by atoms with Gasteiger partial charge in [-0.2, -0.15) is 0 Å².